The molecule has 1 amide bonds. The van der Waals surface area contributed by atoms with Gasteiger partial charge in [-0.2, -0.15) is 26.3 Å². The molecule has 0 bridgehead atoms. The van der Waals surface area contributed by atoms with Crippen molar-refractivity contribution in [3.05, 3.63) is 29.8 Å². The minimum atomic E-state index is -5.94. The molecular formula is C16H19F6NO2. The third-order valence-electron chi connectivity index (χ3n) is 3.83. The van der Waals surface area contributed by atoms with Gasteiger partial charge in [-0.15, -0.1) is 0 Å². The molecule has 1 rings (SSSR count). The topological polar surface area (TPSA) is 49.3 Å². The summed E-state index contributed by atoms with van der Waals surface area (Å²) in [5.74, 6) is -0.731. The third kappa shape index (κ3) is 4.65. The van der Waals surface area contributed by atoms with Gasteiger partial charge in [-0.3, -0.25) is 4.79 Å². The minimum absolute atomic E-state index is 0.0452. The molecule has 1 aromatic carbocycles. The Morgan fingerprint density at radius 2 is 1.56 bits per heavy atom. The first-order chi connectivity index (χ1) is 11.3. The van der Waals surface area contributed by atoms with Crippen LogP contribution in [-0.2, 0) is 10.4 Å². The zero-order valence-electron chi connectivity index (χ0n) is 13.6. The van der Waals surface area contributed by atoms with Gasteiger partial charge in [0, 0.05) is 17.2 Å². The van der Waals surface area contributed by atoms with Gasteiger partial charge in [-0.25, -0.2) is 0 Å². The van der Waals surface area contributed by atoms with Gasteiger partial charge in [0.2, 0.25) is 5.91 Å². The van der Waals surface area contributed by atoms with Gasteiger partial charge in [0.15, 0.2) is 0 Å². The van der Waals surface area contributed by atoms with Crippen LogP contribution in [0.2, 0.25) is 0 Å². The Kier molecular flexibility index (Phi) is 6.50. The van der Waals surface area contributed by atoms with Crippen molar-refractivity contribution in [2.45, 2.75) is 51.1 Å². The number of unbranched alkanes of at least 4 members (excludes halogenated alkanes) is 1. The van der Waals surface area contributed by atoms with Crippen molar-refractivity contribution in [2.75, 3.05) is 5.32 Å². The van der Waals surface area contributed by atoms with E-state index in [2.05, 4.69) is 5.32 Å². The first-order valence-electron chi connectivity index (χ1n) is 7.61. The highest BCUT2D eigenvalue weighted by molar-refractivity contribution is 5.92. The molecule has 0 aliphatic carbocycles. The van der Waals surface area contributed by atoms with E-state index in [-0.39, 0.29) is 17.5 Å². The van der Waals surface area contributed by atoms with Gasteiger partial charge in [0.25, 0.3) is 5.60 Å². The van der Waals surface area contributed by atoms with Gasteiger partial charge in [-0.1, -0.05) is 38.8 Å². The zero-order valence-corrected chi connectivity index (χ0v) is 13.6. The Morgan fingerprint density at radius 1 is 1.08 bits per heavy atom. The van der Waals surface area contributed by atoms with Crippen molar-refractivity contribution in [2.24, 2.45) is 5.92 Å². The van der Waals surface area contributed by atoms with E-state index in [1.54, 1.807) is 6.92 Å². The lowest BCUT2D eigenvalue weighted by molar-refractivity contribution is -0.376. The van der Waals surface area contributed by atoms with E-state index in [0.29, 0.717) is 18.6 Å². The van der Waals surface area contributed by atoms with Gasteiger partial charge in [0.1, 0.15) is 0 Å². The predicted octanol–water partition coefficient (Wildman–Crippen LogP) is 4.76. The second kappa shape index (κ2) is 7.63. The second-order valence-electron chi connectivity index (χ2n) is 5.82. The second-order valence-corrected chi connectivity index (χ2v) is 5.82. The first-order valence-corrected chi connectivity index (χ1v) is 7.61. The van der Waals surface area contributed by atoms with E-state index in [4.69, 9.17) is 0 Å². The summed E-state index contributed by atoms with van der Waals surface area (Å²) in [6, 6.07) is 2.77. The monoisotopic (exact) mass is 371 g/mol. The molecule has 25 heavy (non-hydrogen) atoms. The summed E-state index contributed by atoms with van der Waals surface area (Å²) >= 11 is 0. The Bertz CT molecular complexity index is 566. The lowest BCUT2D eigenvalue weighted by Crippen LogP contribution is -2.53. The lowest BCUT2D eigenvalue weighted by atomic mass is 9.92. The standard InChI is InChI=1S/C16H19F6NO2/c1-3-4-5-10(2)13(24)23-12-8-6-11(7-9-12)14(25,15(17,18)19)16(20,21)22/h6-10,25H,3-5H2,1-2H3,(H,23,24). The smallest absolute Gasteiger partial charge is 0.369 e. The number of amides is 1. The highest BCUT2D eigenvalue weighted by atomic mass is 19.4. The number of nitrogens with one attached hydrogen (secondary N) is 1. The maximum atomic E-state index is 12.8. The van der Waals surface area contributed by atoms with Crippen LogP contribution in [0.15, 0.2) is 24.3 Å². The molecule has 0 aromatic heterocycles. The van der Waals surface area contributed by atoms with E-state index >= 15 is 0 Å². The summed E-state index contributed by atoms with van der Waals surface area (Å²) in [5.41, 5.74) is -6.30. The van der Waals surface area contributed by atoms with Gasteiger partial charge >= 0.3 is 12.4 Å². The highest BCUT2D eigenvalue weighted by Crippen LogP contribution is 2.50. The summed E-state index contributed by atoms with van der Waals surface area (Å²) in [7, 11) is 0. The molecule has 2 N–H and O–H groups in total. The molecule has 9 heteroatoms. The average molecular weight is 371 g/mol. The largest absolute Gasteiger partial charge is 0.430 e. The van der Waals surface area contributed by atoms with Crippen LogP contribution in [0.3, 0.4) is 0 Å². The van der Waals surface area contributed by atoms with E-state index in [9.17, 15) is 36.2 Å². The summed E-state index contributed by atoms with van der Waals surface area (Å²) in [4.78, 5) is 11.9. The molecule has 0 spiro atoms. The number of alkyl halides is 6. The van der Waals surface area contributed by atoms with Crippen LogP contribution in [0.5, 0.6) is 0 Å². The van der Waals surface area contributed by atoms with Gasteiger partial charge in [0.05, 0.1) is 0 Å². The van der Waals surface area contributed by atoms with E-state index in [0.717, 1.165) is 25.0 Å². The predicted molar refractivity (Wildman–Crippen MR) is 79.8 cm³/mol. The number of aliphatic hydroxyl groups is 1. The summed E-state index contributed by atoms with van der Waals surface area (Å²) in [6.07, 6.45) is -9.56. The van der Waals surface area contributed by atoms with Gasteiger partial charge < -0.3 is 10.4 Å². The number of rotatable bonds is 6. The van der Waals surface area contributed by atoms with Crippen LogP contribution >= 0.6 is 0 Å². The average Bonchev–Trinajstić information content (AvgIpc) is 2.50. The third-order valence-corrected chi connectivity index (χ3v) is 3.83. The molecule has 0 heterocycles. The first kappa shape index (κ1) is 21.3. The Hall–Kier alpha value is -1.77. The molecule has 1 atom stereocenters. The SMILES string of the molecule is CCCCC(C)C(=O)Nc1ccc(C(O)(C(F)(F)F)C(F)(F)F)cc1. The summed E-state index contributed by atoms with van der Waals surface area (Å²) in [6.45, 7) is 3.62. The fourth-order valence-electron chi connectivity index (χ4n) is 2.19. The number of anilines is 1. The number of carbonyl (C=O) groups is 1. The Labute approximate surface area is 141 Å². The fraction of sp³-hybridized carbons (Fsp3) is 0.562. The molecular weight excluding hydrogens is 352 g/mol. The molecule has 0 saturated carbocycles. The zero-order chi connectivity index (χ0) is 19.5. The fourth-order valence-corrected chi connectivity index (χ4v) is 2.19. The van der Waals surface area contributed by atoms with Crippen molar-refractivity contribution in [1.82, 2.24) is 0 Å². The molecule has 142 valence electrons. The van der Waals surface area contributed by atoms with Crippen LogP contribution in [0.25, 0.3) is 0 Å². The van der Waals surface area contributed by atoms with Crippen molar-refractivity contribution >= 4 is 11.6 Å². The molecule has 0 fully saturated rings. The molecule has 0 aliphatic heterocycles. The Morgan fingerprint density at radius 3 is 1.96 bits per heavy atom. The van der Waals surface area contributed by atoms with Crippen LogP contribution in [0, 0.1) is 5.92 Å². The van der Waals surface area contributed by atoms with Crippen molar-refractivity contribution in [1.29, 1.82) is 0 Å². The van der Waals surface area contributed by atoms with Crippen molar-refractivity contribution in [3.8, 4) is 0 Å². The minimum Gasteiger partial charge on any atom is -0.369 e. The van der Waals surface area contributed by atoms with Crippen LogP contribution in [-0.4, -0.2) is 23.4 Å². The normalized spacial score (nSPS) is 14.3. The molecule has 0 radical (unpaired) electrons. The number of carbonyl (C=O) groups excluding carboxylic acids is 1. The van der Waals surface area contributed by atoms with Crippen LogP contribution < -0.4 is 5.32 Å². The molecule has 3 nitrogen and oxygen atoms in total. The van der Waals surface area contributed by atoms with Crippen molar-refractivity contribution < 1.29 is 36.2 Å². The molecule has 0 saturated heterocycles. The molecule has 0 aliphatic rings. The maximum absolute atomic E-state index is 12.8. The molecule has 1 aromatic rings. The summed E-state index contributed by atoms with van der Waals surface area (Å²) < 4.78 is 76.7. The van der Waals surface area contributed by atoms with Gasteiger partial charge in [-0.05, 0) is 18.6 Å². The van der Waals surface area contributed by atoms with E-state index in [1.165, 1.54) is 0 Å². The van der Waals surface area contributed by atoms with Crippen LogP contribution in [0.4, 0.5) is 32.0 Å². The number of hydrogen-bond donors (Lipinski definition) is 2. The highest BCUT2D eigenvalue weighted by Gasteiger charge is 2.71. The van der Waals surface area contributed by atoms with Crippen molar-refractivity contribution in [3.63, 3.8) is 0 Å². The lowest BCUT2D eigenvalue weighted by Gasteiger charge is -2.32. The van der Waals surface area contributed by atoms with E-state index < -0.39 is 23.5 Å². The quantitative estimate of drug-likeness (QED) is 0.708. The summed E-state index contributed by atoms with van der Waals surface area (Å²) in [5, 5.41) is 11.7. The van der Waals surface area contributed by atoms with Crippen LogP contribution in [0.1, 0.15) is 38.7 Å². The van der Waals surface area contributed by atoms with E-state index in [1.807, 2.05) is 6.92 Å². The molecule has 1 unspecified atom stereocenters. The maximum Gasteiger partial charge on any atom is 0.430 e. The number of benzene rings is 1. The Balaban J connectivity index is 3.00. The number of hydrogen-bond acceptors (Lipinski definition) is 2. The number of halogens is 6.